The molecule has 0 radical (unpaired) electrons. The first kappa shape index (κ1) is 15.5. The topological polar surface area (TPSA) is 43.8 Å². The second-order valence-corrected chi connectivity index (χ2v) is 5.10. The monoisotopic (exact) mass is 327 g/mol. The number of nitrogens with zero attached hydrogens (tertiary/aromatic N) is 2. The number of nitrogens with two attached hydrogens (primary N) is 1. The Hall–Kier alpha value is -0.560. The van der Waals surface area contributed by atoms with Gasteiger partial charge in [0.05, 0.1) is 15.9 Å². The van der Waals surface area contributed by atoms with Crippen molar-refractivity contribution in [1.29, 1.82) is 0 Å². The van der Waals surface area contributed by atoms with Crippen LogP contribution in [0.5, 0.6) is 0 Å². The van der Waals surface area contributed by atoms with E-state index in [2.05, 4.69) is 21.0 Å². The maximum Gasteiger partial charge on any atom is 0.389 e. The maximum atomic E-state index is 12.1. The second-order valence-electron chi connectivity index (χ2n) is 4.30. The molecule has 0 fully saturated rings. The summed E-state index contributed by atoms with van der Waals surface area (Å²) in [5.74, 6) is 0. The SMILES string of the molecule is CCc1nn(C)c(CC(N)CCC(F)(F)F)c1Br. The second kappa shape index (κ2) is 6.06. The zero-order valence-corrected chi connectivity index (χ0v) is 12.0. The molecule has 0 aromatic carbocycles. The molecule has 0 aliphatic heterocycles. The van der Waals surface area contributed by atoms with E-state index < -0.39 is 18.6 Å². The van der Waals surface area contributed by atoms with Gasteiger partial charge in [0, 0.05) is 25.9 Å². The molecule has 1 atom stereocenters. The Labute approximate surface area is 113 Å². The molecule has 7 heteroatoms. The summed E-state index contributed by atoms with van der Waals surface area (Å²) in [4.78, 5) is 0. The number of aromatic nitrogens is 2. The van der Waals surface area contributed by atoms with Crippen LogP contribution in [0.25, 0.3) is 0 Å². The molecule has 1 heterocycles. The summed E-state index contributed by atoms with van der Waals surface area (Å²) in [6, 6.07) is -0.511. The summed E-state index contributed by atoms with van der Waals surface area (Å²) in [6.07, 6.45) is -3.89. The van der Waals surface area contributed by atoms with Crippen molar-refractivity contribution in [2.75, 3.05) is 0 Å². The Morgan fingerprint density at radius 2 is 2.06 bits per heavy atom. The van der Waals surface area contributed by atoms with Crippen molar-refractivity contribution in [2.45, 2.75) is 44.8 Å². The average molecular weight is 328 g/mol. The minimum absolute atomic E-state index is 0.0669. The molecule has 3 nitrogen and oxygen atoms in total. The Morgan fingerprint density at radius 1 is 1.44 bits per heavy atom. The lowest BCUT2D eigenvalue weighted by atomic mass is 10.1. The number of rotatable bonds is 5. The molecule has 1 rings (SSSR count). The largest absolute Gasteiger partial charge is 0.389 e. The van der Waals surface area contributed by atoms with Crippen molar-refractivity contribution < 1.29 is 13.2 Å². The summed E-state index contributed by atoms with van der Waals surface area (Å²) in [7, 11) is 1.77. The van der Waals surface area contributed by atoms with Gasteiger partial charge in [0.25, 0.3) is 0 Å². The van der Waals surface area contributed by atoms with Gasteiger partial charge in [-0.05, 0) is 28.8 Å². The lowest BCUT2D eigenvalue weighted by Gasteiger charge is -2.13. The Bertz CT molecular complexity index is 401. The van der Waals surface area contributed by atoms with E-state index in [1.165, 1.54) is 0 Å². The molecule has 0 saturated heterocycles. The third kappa shape index (κ3) is 4.28. The first-order chi connectivity index (χ1) is 8.24. The van der Waals surface area contributed by atoms with Gasteiger partial charge in [-0.2, -0.15) is 18.3 Å². The van der Waals surface area contributed by atoms with E-state index in [0.29, 0.717) is 6.42 Å². The molecular formula is C11H17BrF3N3. The van der Waals surface area contributed by atoms with Gasteiger partial charge in [-0.3, -0.25) is 4.68 Å². The normalized spacial score (nSPS) is 13.9. The number of aryl methyl sites for hydroxylation is 2. The predicted molar refractivity (Wildman–Crippen MR) is 67.3 cm³/mol. The van der Waals surface area contributed by atoms with Gasteiger partial charge in [-0.15, -0.1) is 0 Å². The Morgan fingerprint density at radius 3 is 2.50 bits per heavy atom. The molecule has 1 aromatic rings. The fourth-order valence-electron chi connectivity index (χ4n) is 1.74. The van der Waals surface area contributed by atoms with E-state index in [-0.39, 0.29) is 6.42 Å². The Balaban J connectivity index is 2.64. The van der Waals surface area contributed by atoms with E-state index in [1.807, 2.05) is 6.92 Å². The molecule has 0 aliphatic carbocycles. The molecule has 1 aromatic heterocycles. The predicted octanol–water partition coefficient (Wildman–Crippen LogP) is 2.96. The fourth-order valence-corrected chi connectivity index (χ4v) is 2.52. The molecule has 104 valence electrons. The molecule has 0 aliphatic rings. The highest BCUT2D eigenvalue weighted by Gasteiger charge is 2.28. The van der Waals surface area contributed by atoms with Crippen LogP contribution < -0.4 is 5.73 Å². The van der Waals surface area contributed by atoms with Crippen molar-refractivity contribution in [3.05, 3.63) is 15.9 Å². The van der Waals surface area contributed by atoms with Crippen LogP contribution in [-0.4, -0.2) is 22.0 Å². The van der Waals surface area contributed by atoms with Crippen molar-refractivity contribution in [3.63, 3.8) is 0 Å². The zero-order valence-electron chi connectivity index (χ0n) is 10.4. The molecule has 0 amide bonds. The van der Waals surface area contributed by atoms with Gasteiger partial charge >= 0.3 is 6.18 Å². The smallest absolute Gasteiger partial charge is 0.327 e. The van der Waals surface area contributed by atoms with Gasteiger partial charge < -0.3 is 5.73 Å². The van der Waals surface area contributed by atoms with Crippen LogP contribution in [0, 0.1) is 0 Å². The quantitative estimate of drug-likeness (QED) is 0.903. The summed E-state index contributed by atoms with van der Waals surface area (Å²) in [5, 5.41) is 4.28. The van der Waals surface area contributed by atoms with Gasteiger partial charge in [0.15, 0.2) is 0 Å². The Kier molecular flexibility index (Phi) is 5.21. The molecule has 0 saturated carbocycles. The van der Waals surface area contributed by atoms with Crippen molar-refractivity contribution in [3.8, 4) is 0 Å². The van der Waals surface area contributed by atoms with Crippen molar-refractivity contribution in [1.82, 2.24) is 9.78 Å². The lowest BCUT2D eigenvalue weighted by Crippen LogP contribution is -2.26. The number of hydrogen-bond acceptors (Lipinski definition) is 2. The highest BCUT2D eigenvalue weighted by molar-refractivity contribution is 9.10. The fraction of sp³-hybridized carbons (Fsp3) is 0.727. The lowest BCUT2D eigenvalue weighted by molar-refractivity contribution is -0.136. The number of hydrogen-bond donors (Lipinski definition) is 1. The van der Waals surface area contributed by atoms with E-state index in [1.54, 1.807) is 11.7 Å². The first-order valence-electron chi connectivity index (χ1n) is 5.77. The van der Waals surface area contributed by atoms with Gasteiger partial charge in [-0.25, -0.2) is 0 Å². The third-order valence-electron chi connectivity index (χ3n) is 2.76. The zero-order chi connectivity index (χ0) is 13.9. The highest BCUT2D eigenvalue weighted by atomic mass is 79.9. The van der Waals surface area contributed by atoms with Gasteiger partial charge in [-0.1, -0.05) is 6.92 Å². The van der Waals surface area contributed by atoms with Crippen LogP contribution in [-0.2, 0) is 19.9 Å². The summed E-state index contributed by atoms with van der Waals surface area (Å²) >= 11 is 3.42. The minimum atomic E-state index is -4.14. The van der Waals surface area contributed by atoms with Crippen LogP contribution in [0.2, 0.25) is 0 Å². The summed E-state index contributed by atoms with van der Waals surface area (Å²) in [6.45, 7) is 1.97. The number of alkyl halides is 3. The van der Waals surface area contributed by atoms with Crippen LogP contribution in [0.15, 0.2) is 4.47 Å². The van der Waals surface area contributed by atoms with E-state index >= 15 is 0 Å². The summed E-state index contributed by atoms with van der Waals surface area (Å²) in [5.41, 5.74) is 7.49. The van der Waals surface area contributed by atoms with Gasteiger partial charge in [0.2, 0.25) is 0 Å². The minimum Gasteiger partial charge on any atom is -0.327 e. The van der Waals surface area contributed by atoms with Crippen molar-refractivity contribution >= 4 is 15.9 Å². The van der Waals surface area contributed by atoms with Crippen molar-refractivity contribution in [2.24, 2.45) is 12.8 Å². The molecule has 2 N–H and O–H groups in total. The van der Waals surface area contributed by atoms with E-state index in [0.717, 1.165) is 22.3 Å². The molecule has 0 spiro atoms. The standard InChI is InChI=1S/C11H17BrF3N3/c1-3-8-10(12)9(18(2)17-8)6-7(16)4-5-11(13,14)15/h7H,3-6,16H2,1-2H3. The molecular weight excluding hydrogens is 311 g/mol. The molecule has 1 unspecified atom stereocenters. The number of halogens is 4. The van der Waals surface area contributed by atoms with E-state index in [4.69, 9.17) is 5.73 Å². The third-order valence-corrected chi connectivity index (χ3v) is 3.67. The van der Waals surface area contributed by atoms with E-state index in [9.17, 15) is 13.2 Å². The first-order valence-corrected chi connectivity index (χ1v) is 6.56. The molecule has 18 heavy (non-hydrogen) atoms. The summed E-state index contributed by atoms with van der Waals surface area (Å²) < 4.78 is 38.8. The highest BCUT2D eigenvalue weighted by Crippen LogP contribution is 2.25. The average Bonchev–Trinajstić information content (AvgIpc) is 2.53. The van der Waals surface area contributed by atoms with Crippen LogP contribution in [0.4, 0.5) is 13.2 Å². The van der Waals surface area contributed by atoms with Crippen LogP contribution in [0.3, 0.4) is 0 Å². The van der Waals surface area contributed by atoms with Gasteiger partial charge in [0.1, 0.15) is 0 Å². The maximum absolute atomic E-state index is 12.1. The van der Waals surface area contributed by atoms with Crippen LogP contribution >= 0.6 is 15.9 Å². The molecule has 0 bridgehead atoms. The van der Waals surface area contributed by atoms with Crippen LogP contribution in [0.1, 0.15) is 31.2 Å².